The highest BCUT2D eigenvalue weighted by Gasteiger charge is 2.30. The summed E-state index contributed by atoms with van der Waals surface area (Å²) in [5.74, 6) is 1.76. The first kappa shape index (κ1) is 10.4. The molecule has 1 aromatic heterocycles. The fourth-order valence-electron chi connectivity index (χ4n) is 2.33. The first-order valence-corrected chi connectivity index (χ1v) is 5.61. The molecule has 1 fully saturated rings. The Bertz CT molecular complexity index is 337. The molecular weight excluding hydrogens is 186 g/mol. The summed E-state index contributed by atoms with van der Waals surface area (Å²) in [6.07, 6.45) is 3.10. The van der Waals surface area contributed by atoms with Crippen molar-refractivity contribution in [2.45, 2.75) is 26.3 Å². The molecule has 15 heavy (non-hydrogen) atoms. The Balaban J connectivity index is 2.23. The third-order valence-electron chi connectivity index (χ3n) is 3.32. The van der Waals surface area contributed by atoms with Gasteiger partial charge in [-0.1, -0.05) is 6.92 Å². The van der Waals surface area contributed by atoms with Crippen molar-refractivity contribution in [2.24, 2.45) is 11.7 Å². The van der Waals surface area contributed by atoms with Gasteiger partial charge in [-0.2, -0.15) is 0 Å². The van der Waals surface area contributed by atoms with Gasteiger partial charge in [0.25, 0.3) is 0 Å². The average Bonchev–Trinajstić information content (AvgIpc) is 2.59. The monoisotopic (exact) mass is 205 g/mol. The minimum atomic E-state index is 0.458. The van der Waals surface area contributed by atoms with E-state index in [2.05, 4.69) is 29.8 Å². The number of aryl methyl sites for hydroxylation is 1. The van der Waals surface area contributed by atoms with Gasteiger partial charge in [0.2, 0.25) is 0 Å². The van der Waals surface area contributed by atoms with Crippen molar-refractivity contribution in [3.8, 4) is 0 Å². The molecule has 0 aliphatic carbocycles. The largest absolute Gasteiger partial charge is 0.352 e. The zero-order valence-electron chi connectivity index (χ0n) is 9.48. The Hall–Kier alpha value is -1.09. The number of nitrogens with zero attached hydrogens (tertiary/aromatic N) is 2. The van der Waals surface area contributed by atoms with E-state index in [0.717, 1.165) is 18.9 Å². The summed E-state index contributed by atoms with van der Waals surface area (Å²) in [4.78, 5) is 6.77. The predicted molar refractivity (Wildman–Crippen MR) is 62.9 cm³/mol. The molecular formula is C12H19N3. The van der Waals surface area contributed by atoms with Crippen molar-refractivity contribution < 1.29 is 0 Å². The van der Waals surface area contributed by atoms with E-state index in [4.69, 9.17) is 5.73 Å². The second-order valence-corrected chi connectivity index (χ2v) is 4.45. The van der Waals surface area contributed by atoms with Crippen LogP contribution in [0.3, 0.4) is 0 Å². The summed E-state index contributed by atoms with van der Waals surface area (Å²) < 4.78 is 0. The van der Waals surface area contributed by atoms with Crippen molar-refractivity contribution in [1.82, 2.24) is 4.98 Å². The van der Waals surface area contributed by atoms with E-state index in [9.17, 15) is 0 Å². The van der Waals surface area contributed by atoms with E-state index in [-0.39, 0.29) is 0 Å². The first-order chi connectivity index (χ1) is 7.22. The van der Waals surface area contributed by atoms with Gasteiger partial charge < -0.3 is 10.6 Å². The molecule has 0 amide bonds. The van der Waals surface area contributed by atoms with Crippen LogP contribution in [0.1, 0.15) is 18.9 Å². The Labute approximate surface area is 91.3 Å². The van der Waals surface area contributed by atoms with E-state index >= 15 is 0 Å². The number of hydrogen-bond donors (Lipinski definition) is 1. The summed E-state index contributed by atoms with van der Waals surface area (Å²) in [6.45, 7) is 6.17. The van der Waals surface area contributed by atoms with Gasteiger partial charge in [0.15, 0.2) is 0 Å². The summed E-state index contributed by atoms with van der Waals surface area (Å²) in [6, 6.07) is 4.63. The summed E-state index contributed by atoms with van der Waals surface area (Å²) in [5, 5.41) is 0. The van der Waals surface area contributed by atoms with Gasteiger partial charge in [-0.25, -0.2) is 4.98 Å². The lowest BCUT2D eigenvalue weighted by atomic mass is 10.0. The zero-order chi connectivity index (χ0) is 10.8. The molecule has 0 saturated carbocycles. The highest BCUT2D eigenvalue weighted by Crippen LogP contribution is 2.27. The van der Waals surface area contributed by atoms with Crippen molar-refractivity contribution in [1.29, 1.82) is 0 Å². The molecule has 1 aromatic rings. The summed E-state index contributed by atoms with van der Waals surface area (Å²) in [7, 11) is 0. The maximum absolute atomic E-state index is 5.82. The maximum atomic E-state index is 5.82. The van der Waals surface area contributed by atoms with Gasteiger partial charge in [-0.05, 0) is 37.0 Å². The third-order valence-corrected chi connectivity index (χ3v) is 3.32. The molecule has 1 aliphatic heterocycles. The highest BCUT2D eigenvalue weighted by atomic mass is 15.2. The van der Waals surface area contributed by atoms with Crippen LogP contribution in [0.4, 0.5) is 5.82 Å². The second-order valence-electron chi connectivity index (χ2n) is 4.45. The molecule has 82 valence electrons. The van der Waals surface area contributed by atoms with Gasteiger partial charge in [0.1, 0.15) is 5.82 Å². The standard InChI is InChI=1S/C12H19N3/c1-9-3-5-14-12(7-9)15-6-4-10(2)11(15)8-13/h3,5,7,10-11H,4,6,8,13H2,1-2H3. The zero-order valence-corrected chi connectivity index (χ0v) is 9.48. The minimum Gasteiger partial charge on any atom is -0.352 e. The van der Waals surface area contributed by atoms with Crippen LogP contribution >= 0.6 is 0 Å². The fourth-order valence-corrected chi connectivity index (χ4v) is 2.33. The number of aromatic nitrogens is 1. The quantitative estimate of drug-likeness (QED) is 0.796. The molecule has 0 bridgehead atoms. The van der Waals surface area contributed by atoms with E-state index in [1.807, 2.05) is 12.3 Å². The van der Waals surface area contributed by atoms with Crippen LogP contribution in [0.5, 0.6) is 0 Å². The lowest BCUT2D eigenvalue weighted by molar-refractivity contribution is 0.517. The van der Waals surface area contributed by atoms with Crippen molar-refractivity contribution in [2.75, 3.05) is 18.0 Å². The van der Waals surface area contributed by atoms with E-state index in [1.54, 1.807) is 0 Å². The van der Waals surface area contributed by atoms with E-state index < -0.39 is 0 Å². The van der Waals surface area contributed by atoms with Gasteiger partial charge >= 0.3 is 0 Å². The molecule has 0 aromatic carbocycles. The van der Waals surface area contributed by atoms with Gasteiger partial charge in [-0.3, -0.25) is 0 Å². The number of rotatable bonds is 2. The predicted octanol–water partition coefficient (Wildman–Crippen LogP) is 1.56. The van der Waals surface area contributed by atoms with Crippen LogP contribution in [0.25, 0.3) is 0 Å². The molecule has 0 radical (unpaired) electrons. The molecule has 2 unspecified atom stereocenters. The molecule has 2 rings (SSSR count). The highest BCUT2D eigenvalue weighted by molar-refractivity contribution is 5.43. The Kier molecular flexibility index (Phi) is 2.91. The molecule has 1 aliphatic rings. The minimum absolute atomic E-state index is 0.458. The molecule has 1 saturated heterocycles. The number of pyridine rings is 1. The molecule has 2 heterocycles. The summed E-state index contributed by atoms with van der Waals surface area (Å²) in [5.41, 5.74) is 7.08. The van der Waals surface area contributed by atoms with Gasteiger partial charge in [-0.15, -0.1) is 0 Å². The van der Waals surface area contributed by atoms with E-state index in [1.165, 1.54) is 12.0 Å². The van der Waals surface area contributed by atoms with Crippen LogP contribution in [-0.4, -0.2) is 24.1 Å². The second kappa shape index (κ2) is 4.19. The lowest BCUT2D eigenvalue weighted by Crippen LogP contribution is -2.38. The third kappa shape index (κ3) is 1.97. The van der Waals surface area contributed by atoms with Gasteiger partial charge in [0, 0.05) is 25.3 Å². The Morgan fingerprint density at radius 3 is 3.07 bits per heavy atom. The van der Waals surface area contributed by atoms with Crippen LogP contribution in [0, 0.1) is 12.8 Å². The van der Waals surface area contributed by atoms with E-state index in [0.29, 0.717) is 12.0 Å². The Morgan fingerprint density at radius 1 is 1.60 bits per heavy atom. The molecule has 3 heteroatoms. The average molecular weight is 205 g/mol. The van der Waals surface area contributed by atoms with Crippen molar-refractivity contribution in [3.63, 3.8) is 0 Å². The van der Waals surface area contributed by atoms with Crippen molar-refractivity contribution >= 4 is 5.82 Å². The number of anilines is 1. The van der Waals surface area contributed by atoms with Crippen LogP contribution in [-0.2, 0) is 0 Å². The number of hydrogen-bond acceptors (Lipinski definition) is 3. The normalized spacial score (nSPS) is 25.9. The van der Waals surface area contributed by atoms with Crippen LogP contribution < -0.4 is 10.6 Å². The van der Waals surface area contributed by atoms with Gasteiger partial charge in [0.05, 0.1) is 0 Å². The molecule has 2 atom stereocenters. The molecule has 0 spiro atoms. The summed E-state index contributed by atoms with van der Waals surface area (Å²) >= 11 is 0. The maximum Gasteiger partial charge on any atom is 0.129 e. The smallest absolute Gasteiger partial charge is 0.129 e. The Morgan fingerprint density at radius 2 is 2.40 bits per heavy atom. The van der Waals surface area contributed by atoms with Crippen LogP contribution in [0.15, 0.2) is 18.3 Å². The number of nitrogens with two attached hydrogens (primary N) is 1. The molecule has 3 nitrogen and oxygen atoms in total. The molecule has 2 N–H and O–H groups in total. The topological polar surface area (TPSA) is 42.2 Å². The SMILES string of the molecule is Cc1ccnc(N2CCC(C)C2CN)c1. The lowest BCUT2D eigenvalue weighted by Gasteiger charge is -2.26. The van der Waals surface area contributed by atoms with Crippen molar-refractivity contribution in [3.05, 3.63) is 23.9 Å². The first-order valence-electron chi connectivity index (χ1n) is 5.61. The fraction of sp³-hybridized carbons (Fsp3) is 0.583. The van der Waals surface area contributed by atoms with Crippen LogP contribution in [0.2, 0.25) is 0 Å².